The summed E-state index contributed by atoms with van der Waals surface area (Å²) in [5.41, 5.74) is -1.47. The molecule has 2 fully saturated rings. The number of alkyl halides is 3. The van der Waals surface area contributed by atoms with Gasteiger partial charge in [0.1, 0.15) is 17.9 Å². The van der Waals surface area contributed by atoms with Crippen LogP contribution in [0.15, 0.2) is 42.5 Å². The van der Waals surface area contributed by atoms with Crippen LogP contribution in [0.5, 0.6) is 0 Å². The van der Waals surface area contributed by atoms with Crippen molar-refractivity contribution < 1.29 is 27.2 Å². The highest BCUT2D eigenvalue weighted by atomic mass is 19.4. The first-order valence-electron chi connectivity index (χ1n) is 10.0. The van der Waals surface area contributed by atoms with Gasteiger partial charge in [0, 0.05) is 6.54 Å². The highest BCUT2D eigenvalue weighted by Gasteiger charge is 2.59. The van der Waals surface area contributed by atoms with Gasteiger partial charge in [0.2, 0.25) is 5.91 Å². The van der Waals surface area contributed by atoms with E-state index in [0.717, 1.165) is 23.1 Å². The second kappa shape index (κ2) is 7.62. The van der Waals surface area contributed by atoms with Gasteiger partial charge in [-0.25, -0.2) is 4.39 Å². The van der Waals surface area contributed by atoms with Crippen molar-refractivity contribution in [1.82, 2.24) is 4.90 Å². The summed E-state index contributed by atoms with van der Waals surface area (Å²) >= 11 is 0. The Labute approximate surface area is 181 Å². The number of rotatable bonds is 3. The van der Waals surface area contributed by atoms with E-state index >= 15 is 0 Å². The SMILES string of the molecule is CC1CC2(C1)C(=O)N(c1ccc(C#N)cc1F)CC(=O)N2Cc1ccc(C(F)(F)F)cc1. The summed E-state index contributed by atoms with van der Waals surface area (Å²) in [5.74, 6) is -1.46. The molecule has 2 aliphatic rings. The topological polar surface area (TPSA) is 64.4 Å². The minimum absolute atomic E-state index is 0.0148. The Morgan fingerprint density at radius 1 is 1.12 bits per heavy atom. The van der Waals surface area contributed by atoms with Crippen LogP contribution in [0.25, 0.3) is 0 Å². The van der Waals surface area contributed by atoms with E-state index in [1.54, 1.807) is 0 Å². The lowest BCUT2D eigenvalue weighted by molar-refractivity contribution is -0.161. The van der Waals surface area contributed by atoms with Crippen LogP contribution in [0.4, 0.5) is 23.2 Å². The zero-order valence-electron chi connectivity index (χ0n) is 17.1. The number of anilines is 1. The second-order valence-corrected chi connectivity index (χ2v) is 8.39. The Morgan fingerprint density at radius 2 is 1.78 bits per heavy atom. The van der Waals surface area contributed by atoms with Crippen LogP contribution >= 0.6 is 0 Å². The monoisotopic (exact) mass is 445 g/mol. The molecule has 1 aliphatic heterocycles. The van der Waals surface area contributed by atoms with Crippen molar-refractivity contribution in [1.29, 1.82) is 5.26 Å². The molecule has 2 aromatic carbocycles. The molecule has 0 radical (unpaired) electrons. The van der Waals surface area contributed by atoms with Crippen molar-refractivity contribution in [3.8, 4) is 6.07 Å². The van der Waals surface area contributed by atoms with E-state index in [-0.39, 0.29) is 23.7 Å². The van der Waals surface area contributed by atoms with Crippen molar-refractivity contribution in [3.05, 3.63) is 65.0 Å². The summed E-state index contributed by atoms with van der Waals surface area (Å²) < 4.78 is 53.1. The molecule has 5 nitrogen and oxygen atoms in total. The minimum atomic E-state index is -4.47. The summed E-state index contributed by atoms with van der Waals surface area (Å²) in [7, 11) is 0. The standard InChI is InChI=1S/C23H19F4N3O2/c1-14-9-22(10-14)21(32)29(19-7-4-16(11-28)8-18(19)24)13-20(31)30(22)12-15-2-5-17(6-3-15)23(25,26)27/h2-8,14H,9-10,12-13H2,1H3. The number of piperazine rings is 1. The average Bonchev–Trinajstić information content (AvgIpc) is 2.72. The number of nitriles is 1. The molecular weight excluding hydrogens is 426 g/mol. The molecule has 1 heterocycles. The summed E-state index contributed by atoms with van der Waals surface area (Å²) in [6.07, 6.45) is -3.70. The third-order valence-electron chi connectivity index (χ3n) is 6.12. The highest BCUT2D eigenvalue weighted by molar-refractivity contribution is 6.09. The van der Waals surface area contributed by atoms with Gasteiger partial charge in [-0.1, -0.05) is 19.1 Å². The van der Waals surface area contributed by atoms with Gasteiger partial charge in [0.15, 0.2) is 0 Å². The Kier molecular flexibility index (Phi) is 5.19. The molecule has 0 aromatic heterocycles. The van der Waals surface area contributed by atoms with Gasteiger partial charge in [-0.3, -0.25) is 14.5 Å². The van der Waals surface area contributed by atoms with E-state index in [2.05, 4.69) is 0 Å². The largest absolute Gasteiger partial charge is 0.416 e. The number of halogens is 4. The Bertz CT molecular complexity index is 1120. The van der Waals surface area contributed by atoms with E-state index in [0.29, 0.717) is 18.4 Å². The molecule has 0 atom stereocenters. The lowest BCUT2D eigenvalue weighted by Crippen LogP contribution is -2.72. The smallest absolute Gasteiger partial charge is 0.322 e. The Morgan fingerprint density at radius 3 is 2.31 bits per heavy atom. The van der Waals surface area contributed by atoms with Crippen LogP contribution in [0.3, 0.4) is 0 Å². The van der Waals surface area contributed by atoms with Crippen LogP contribution in [-0.4, -0.2) is 28.8 Å². The van der Waals surface area contributed by atoms with Gasteiger partial charge in [-0.2, -0.15) is 18.4 Å². The van der Waals surface area contributed by atoms with E-state index in [1.807, 2.05) is 13.0 Å². The zero-order chi connectivity index (χ0) is 23.3. The predicted molar refractivity (Wildman–Crippen MR) is 107 cm³/mol. The van der Waals surface area contributed by atoms with E-state index in [1.165, 1.54) is 29.2 Å². The normalized spacial score (nSPS) is 23.3. The number of hydrogen-bond acceptors (Lipinski definition) is 3. The fourth-order valence-electron chi connectivity index (χ4n) is 4.60. The lowest BCUT2D eigenvalue weighted by atomic mass is 9.66. The van der Waals surface area contributed by atoms with Crippen LogP contribution in [0, 0.1) is 23.1 Å². The van der Waals surface area contributed by atoms with Crippen molar-refractivity contribution in [3.63, 3.8) is 0 Å². The Balaban J connectivity index is 1.64. The van der Waals surface area contributed by atoms with Crippen molar-refractivity contribution in [2.75, 3.05) is 11.4 Å². The molecule has 4 rings (SSSR count). The number of hydrogen-bond donors (Lipinski definition) is 0. The van der Waals surface area contributed by atoms with E-state index in [4.69, 9.17) is 5.26 Å². The number of nitrogens with zero attached hydrogens (tertiary/aromatic N) is 3. The van der Waals surface area contributed by atoms with Gasteiger partial charge in [0.25, 0.3) is 5.91 Å². The molecule has 0 unspecified atom stereocenters. The minimum Gasteiger partial charge on any atom is -0.322 e. The van der Waals surface area contributed by atoms with Gasteiger partial charge < -0.3 is 4.90 Å². The number of amides is 2. The molecule has 166 valence electrons. The van der Waals surface area contributed by atoms with Gasteiger partial charge >= 0.3 is 6.18 Å². The fraction of sp³-hybridized carbons (Fsp3) is 0.348. The van der Waals surface area contributed by atoms with Crippen LogP contribution in [0.1, 0.15) is 36.5 Å². The van der Waals surface area contributed by atoms with Gasteiger partial charge in [0.05, 0.1) is 22.9 Å². The molecule has 9 heteroatoms. The third-order valence-corrected chi connectivity index (χ3v) is 6.12. The molecular formula is C23H19F4N3O2. The highest BCUT2D eigenvalue weighted by Crippen LogP contribution is 2.47. The summed E-state index contributed by atoms with van der Waals surface area (Å²) in [6.45, 7) is 1.53. The maximum Gasteiger partial charge on any atom is 0.416 e. The first-order valence-corrected chi connectivity index (χ1v) is 10.0. The molecule has 32 heavy (non-hydrogen) atoms. The summed E-state index contributed by atoms with van der Waals surface area (Å²) in [4.78, 5) is 29.1. The van der Waals surface area contributed by atoms with E-state index < -0.39 is 41.5 Å². The Hall–Kier alpha value is -3.41. The average molecular weight is 445 g/mol. The molecule has 0 N–H and O–H groups in total. The van der Waals surface area contributed by atoms with E-state index in [9.17, 15) is 27.2 Å². The molecule has 2 aromatic rings. The molecule has 1 spiro atoms. The van der Waals surface area contributed by atoms with Crippen LogP contribution in [0.2, 0.25) is 0 Å². The molecule has 1 aliphatic carbocycles. The number of carbonyl (C=O) groups excluding carboxylic acids is 2. The zero-order valence-corrected chi connectivity index (χ0v) is 17.1. The fourth-order valence-corrected chi connectivity index (χ4v) is 4.60. The van der Waals surface area contributed by atoms with Crippen molar-refractivity contribution in [2.24, 2.45) is 5.92 Å². The van der Waals surface area contributed by atoms with Crippen molar-refractivity contribution >= 4 is 17.5 Å². The van der Waals surface area contributed by atoms with Gasteiger partial charge in [-0.05, 0) is 54.7 Å². The lowest BCUT2D eigenvalue weighted by Gasteiger charge is -2.56. The summed E-state index contributed by atoms with van der Waals surface area (Å²) in [6, 6.07) is 9.99. The first kappa shape index (κ1) is 21.8. The number of carbonyl (C=O) groups is 2. The number of benzene rings is 2. The third kappa shape index (κ3) is 3.60. The van der Waals surface area contributed by atoms with Crippen LogP contribution < -0.4 is 4.90 Å². The molecule has 2 amide bonds. The molecule has 0 bridgehead atoms. The predicted octanol–water partition coefficient (Wildman–Crippen LogP) is 4.26. The van der Waals surface area contributed by atoms with Gasteiger partial charge in [-0.15, -0.1) is 0 Å². The first-order chi connectivity index (χ1) is 15.0. The molecule has 1 saturated heterocycles. The van der Waals surface area contributed by atoms with Crippen LogP contribution in [-0.2, 0) is 22.3 Å². The maximum absolute atomic E-state index is 14.6. The summed E-state index contributed by atoms with van der Waals surface area (Å²) in [5, 5.41) is 8.93. The maximum atomic E-state index is 14.6. The second-order valence-electron chi connectivity index (χ2n) is 8.39. The molecule has 1 saturated carbocycles. The quantitative estimate of drug-likeness (QED) is 0.664. The van der Waals surface area contributed by atoms with Crippen molar-refractivity contribution in [2.45, 2.75) is 38.0 Å².